The molecule has 0 unspecified atom stereocenters. The van der Waals surface area contributed by atoms with Gasteiger partial charge < -0.3 is 9.88 Å². The van der Waals surface area contributed by atoms with Crippen molar-refractivity contribution in [3.63, 3.8) is 0 Å². The number of hydrogen-bond acceptors (Lipinski definition) is 1. The molecule has 3 nitrogen and oxygen atoms in total. The maximum Gasteiger partial charge on any atom is 0.268 e. The van der Waals surface area contributed by atoms with Crippen LogP contribution < -0.4 is 5.32 Å². The smallest absolute Gasteiger partial charge is 0.268 e. The Morgan fingerprint density at radius 1 is 1.26 bits per heavy atom. The summed E-state index contributed by atoms with van der Waals surface area (Å²) in [6, 6.07) is 6.64. The van der Waals surface area contributed by atoms with Crippen LogP contribution in [0.3, 0.4) is 0 Å². The van der Waals surface area contributed by atoms with Crippen LogP contribution in [-0.4, -0.2) is 16.5 Å². The minimum Gasteiger partial charge on any atom is -0.348 e. The summed E-state index contributed by atoms with van der Waals surface area (Å²) in [5.41, 5.74) is 4.65. The highest BCUT2D eigenvalue weighted by Gasteiger charge is 2.21. The SMILES string of the molecule is CC[C@H](C)NC(=O)c1c(C)c(C)c(C)n1Cc1cccc(F)c1. The molecule has 1 atom stereocenters. The fraction of sp³-hybridized carbons (Fsp3) is 0.421. The summed E-state index contributed by atoms with van der Waals surface area (Å²) in [6.45, 7) is 10.5. The van der Waals surface area contributed by atoms with E-state index < -0.39 is 0 Å². The van der Waals surface area contributed by atoms with Gasteiger partial charge in [0.05, 0.1) is 0 Å². The van der Waals surface area contributed by atoms with Crippen molar-refractivity contribution in [2.75, 3.05) is 0 Å². The van der Waals surface area contributed by atoms with Gasteiger partial charge in [-0.15, -0.1) is 0 Å². The summed E-state index contributed by atoms with van der Waals surface area (Å²) in [7, 11) is 0. The highest BCUT2D eigenvalue weighted by molar-refractivity contribution is 5.95. The van der Waals surface area contributed by atoms with Crippen LogP contribution in [0.15, 0.2) is 24.3 Å². The largest absolute Gasteiger partial charge is 0.348 e. The van der Waals surface area contributed by atoms with E-state index in [0.717, 1.165) is 28.8 Å². The number of benzene rings is 1. The highest BCUT2D eigenvalue weighted by Crippen LogP contribution is 2.23. The minimum atomic E-state index is -0.258. The summed E-state index contributed by atoms with van der Waals surface area (Å²) in [5, 5.41) is 3.03. The maximum atomic E-state index is 13.4. The Bertz CT molecular complexity index is 718. The Kier molecular flexibility index (Phi) is 5.24. The molecule has 0 aliphatic rings. The first kappa shape index (κ1) is 17.3. The van der Waals surface area contributed by atoms with Gasteiger partial charge in [-0.3, -0.25) is 4.79 Å². The number of rotatable bonds is 5. The predicted molar refractivity (Wildman–Crippen MR) is 91.4 cm³/mol. The lowest BCUT2D eigenvalue weighted by Gasteiger charge is -2.16. The van der Waals surface area contributed by atoms with Crippen LogP contribution in [-0.2, 0) is 6.54 Å². The zero-order chi connectivity index (χ0) is 17.1. The number of aromatic nitrogens is 1. The van der Waals surface area contributed by atoms with Gasteiger partial charge in [0.2, 0.25) is 0 Å². The van der Waals surface area contributed by atoms with Crippen LogP contribution in [0.25, 0.3) is 0 Å². The molecule has 1 heterocycles. The standard InChI is InChI=1S/C19H25FN2O/c1-6-12(2)21-19(23)18-14(4)13(3)15(5)22(18)11-16-8-7-9-17(20)10-16/h7-10,12H,6,11H2,1-5H3,(H,21,23)/t12-/m0/s1. The Hall–Kier alpha value is -2.10. The van der Waals surface area contributed by atoms with Crippen molar-refractivity contribution in [1.29, 1.82) is 0 Å². The maximum absolute atomic E-state index is 13.4. The molecule has 0 bridgehead atoms. The molecule has 1 amide bonds. The number of nitrogens with one attached hydrogen (secondary N) is 1. The van der Waals surface area contributed by atoms with Gasteiger partial charge in [-0.1, -0.05) is 19.1 Å². The number of nitrogens with zero attached hydrogens (tertiary/aromatic N) is 1. The molecule has 0 fully saturated rings. The van der Waals surface area contributed by atoms with Crippen molar-refractivity contribution in [3.05, 3.63) is 58.2 Å². The summed E-state index contributed by atoms with van der Waals surface area (Å²) >= 11 is 0. The molecule has 0 aliphatic carbocycles. The van der Waals surface area contributed by atoms with Gasteiger partial charge in [0.25, 0.3) is 5.91 Å². The molecular formula is C19H25FN2O. The zero-order valence-electron chi connectivity index (χ0n) is 14.5. The first-order valence-corrected chi connectivity index (χ1v) is 8.06. The summed E-state index contributed by atoms with van der Waals surface area (Å²) in [5.74, 6) is -0.323. The average molecular weight is 316 g/mol. The zero-order valence-corrected chi connectivity index (χ0v) is 14.5. The molecule has 23 heavy (non-hydrogen) atoms. The predicted octanol–water partition coefficient (Wildman–Crippen LogP) is 4.13. The van der Waals surface area contributed by atoms with Crippen molar-refractivity contribution >= 4 is 5.91 Å². The molecular weight excluding hydrogens is 291 g/mol. The summed E-state index contributed by atoms with van der Waals surface area (Å²) < 4.78 is 15.4. The lowest BCUT2D eigenvalue weighted by molar-refractivity contribution is 0.0929. The molecule has 0 radical (unpaired) electrons. The van der Waals surface area contributed by atoms with E-state index in [2.05, 4.69) is 5.32 Å². The van der Waals surface area contributed by atoms with Crippen molar-refractivity contribution < 1.29 is 9.18 Å². The monoisotopic (exact) mass is 316 g/mol. The lowest BCUT2D eigenvalue weighted by Crippen LogP contribution is -2.34. The topological polar surface area (TPSA) is 34.0 Å². The van der Waals surface area contributed by atoms with Crippen molar-refractivity contribution in [2.24, 2.45) is 0 Å². The number of carbonyl (C=O) groups is 1. The van der Waals surface area contributed by atoms with Gasteiger partial charge in [0, 0.05) is 18.3 Å². The molecule has 4 heteroatoms. The van der Waals surface area contributed by atoms with E-state index in [4.69, 9.17) is 0 Å². The van der Waals surface area contributed by atoms with Crippen LogP contribution in [0.5, 0.6) is 0 Å². The van der Waals surface area contributed by atoms with Gasteiger partial charge in [-0.25, -0.2) is 4.39 Å². The molecule has 2 aromatic rings. The quantitative estimate of drug-likeness (QED) is 0.884. The van der Waals surface area contributed by atoms with E-state index in [1.807, 2.05) is 45.3 Å². The number of carbonyl (C=O) groups excluding carboxylic acids is 1. The Labute approximate surface area is 137 Å². The summed E-state index contributed by atoms with van der Waals surface area (Å²) in [4.78, 5) is 12.7. The third kappa shape index (κ3) is 3.63. The summed E-state index contributed by atoms with van der Waals surface area (Å²) in [6.07, 6.45) is 0.882. The molecule has 1 aromatic heterocycles. The fourth-order valence-corrected chi connectivity index (χ4v) is 2.72. The lowest BCUT2D eigenvalue weighted by atomic mass is 10.1. The van der Waals surface area contributed by atoms with Crippen LogP contribution in [0.2, 0.25) is 0 Å². The Morgan fingerprint density at radius 2 is 1.96 bits per heavy atom. The first-order chi connectivity index (χ1) is 10.8. The van der Waals surface area contributed by atoms with Crippen LogP contribution in [0, 0.1) is 26.6 Å². The Balaban J connectivity index is 2.42. The Morgan fingerprint density at radius 3 is 2.57 bits per heavy atom. The van der Waals surface area contributed by atoms with E-state index >= 15 is 0 Å². The second kappa shape index (κ2) is 6.99. The number of hydrogen-bond donors (Lipinski definition) is 1. The normalized spacial score (nSPS) is 12.3. The second-order valence-electron chi connectivity index (χ2n) is 6.18. The highest BCUT2D eigenvalue weighted by atomic mass is 19.1. The second-order valence-corrected chi connectivity index (χ2v) is 6.18. The van der Waals surface area contributed by atoms with E-state index in [1.165, 1.54) is 12.1 Å². The number of halogens is 1. The van der Waals surface area contributed by atoms with Crippen molar-refractivity contribution in [3.8, 4) is 0 Å². The number of amides is 1. The van der Waals surface area contributed by atoms with Crippen LogP contribution >= 0.6 is 0 Å². The van der Waals surface area contributed by atoms with Gasteiger partial charge >= 0.3 is 0 Å². The third-order valence-corrected chi connectivity index (χ3v) is 4.57. The van der Waals surface area contributed by atoms with E-state index in [1.54, 1.807) is 6.07 Å². The van der Waals surface area contributed by atoms with Crippen molar-refractivity contribution in [2.45, 2.75) is 53.6 Å². The first-order valence-electron chi connectivity index (χ1n) is 8.06. The van der Waals surface area contributed by atoms with E-state index in [-0.39, 0.29) is 17.8 Å². The van der Waals surface area contributed by atoms with E-state index in [0.29, 0.717) is 12.2 Å². The van der Waals surface area contributed by atoms with Crippen molar-refractivity contribution in [1.82, 2.24) is 9.88 Å². The molecule has 0 aliphatic heterocycles. The van der Waals surface area contributed by atoms with Crippen LogP contribution in [0.1, 0.15) is 53.1 Å². The molecule has 124 valence electrons. The fourth-order valence-electron chi connectivity index (χ4n) is 2.72. The average Bonchev–Trinajstić information content (AvgIpc) is 2.71. The van der Waals surface area contributed by atoms with Crippen LogP contribution in [0.4, 0.5) is 4.39 Å². The molecule has 2 rings (SSSR count). The molecule has 0 saturated carbocycles. The minimum absolute atomic E-state index is 0.0653. The molecule has 0 saturated heterocycles. The van der Waals surface area contributed by atoms with Gasteiger partial charge in [0.1, 0.15) is 11.5 Å². The van der Waals surface area contributed by atoms with E-state index in [9.17, 15) is 9.18 Å². The van der Waals surface area contributed by atoms with Gasteiger partial charge in [0.15, 0.2) is 0 Å². The molecule has 1 N–H and O–H groups in total. The van der Waals surface area contributed by atoms with Gasteiger partial charge in [-0.05, 0) is 62.9 Å². The molecule has 1 aromatic carbocycles. The third-order valence-electron chi connectivity index (χ3n) is 4.57. The van der Waals surface area contributed by atoms with Gasteiger partial charge in [-0.2, -0.15) is 0 Å². The molecule has 0 spiro atoms.